The summed E-state index contributed by atoms with van der Waals surface area (Å²) in [7, 11) is 1.93. The van der Waals surface area contributed by atoms with E-state index in [4.69, 9.17) is 0 Å². The summed E-state index contributed by atoms with van der Waals surface area (Å²) in [6.07, 6.45) is 0. The molecular weight excluding hydrogens is 741 g/mol. The van der Waals surface area contributed by atoms with E-state index in [1.807, 2.05) is 9.24 Å². The Balaban J connectivity index is 1.97. The fourth-order valence-corrected chi connectivity index (χ4v) is 6.80. The lowest BCUT2D eigenvalue weighted by atomic mass is 9.84. The minimum Gasteiger partial charge on any atom is -0.268 e. The van der Waals surface area contributed by atoms with Crippen LogP contribution in [0.4, 0.5) is 17.6 Å². The van der Waals surface area contributed by atoms with Crippen LogP contribution in [0.25, 0.3) is 32.9 Å². The van der Waals surface area contributed by atoms with Gasteiger partial charge in [0.15, 0.2) is 0 Å². The number of rotatable bonds is 7. The average molecular weight is 770 g/mol. The minimum atomic E-state index is -2.45. The Morgan fingerprint density at radius 1 is 0.600 bits per heavy atom. The molecule has 5 rings (SSSR count). The summed E-state index contributed by atoms with van der Waals surface area (Å²) in [5, 5.41) is -3.88. The van der Waals surface area contributed by atoms with Gasteiger partial charge in [0, 0.05) is 16.7 Å². The first-order chi connectivity index (χ1) is 20.6. The molecule has 0 spiro atoms. The van der Waals surface area contributed by atoms with Crippen molar-refractivity contribution in [3.05, 3.63) is 112 Å². The van der Waals surface area contributed by atoms with Crippen molar-refractivity contribution in [1.82, 2.24) is 9.13 Å². The van der Waals surface area contributed by atoms with Gasteiger partial charge in [-0.05, 0) is 93.7 Å². The van der Waals surface area contributed by atoms with Gasteiger partial charge in [-0.15, -0.1) is 0 Å². The summed E-state index contributed by atoms with van der Waals surface area (Å²) in [6, 6.07) is 10.9. The van der Waals surface area contributed by atoms with Crippen LogP contribution in [0.15, 0.2) is 67.7 Å². The van der Waals surface area contributed by atoms with Crippen LogP contribution in [-0.2, 0) is 20.2 Å². The molecule has 4 atom stereocenters. The largest absolute Gasteiger partial charge is 0.268 e. The Hall–Kier alpha value is -2.75. The highest BCUT2D eigenvalue weighted by Gasteiger charge is 2.40. The fraction of sp³-hybridized carbons (Fsp3) is 0.312. The molecular formula is C32H29F4IN2O4P2. The van der Waals surface area contributed by atoms with E-state index in [1.165, 1.54) is 55.5 Å². The topological polar surface area (TPSA) is 78.1 Å². The molecule has 0 fully saturated rings. The Morgan fingerprint density at radius 2 is 0.889 bits per heavy atom. The zero-order valence-corrected chi connectivity index (χ0v) is 29.4. The van der Waals surface area contributed by atoms with Crippen LogP contribution in [0.3, 0.4) is 0 Å². The van der Waals surface area contributed by atoms with E-state index in [1.54, 1.807) is 29.3 Å². The molecule has 0 bridgehead atoms. The first-order valence-corrected chi connectivity index (χ1v) is 16.9. The van der Waals surface area contributed by atoms with Crippen LogP contribution in [-0.4, -0.2) is 15.8 Å². The number of hydrogen-bond acceptors (Lipinski definition) is 4. The molecule has 0 aliphatic heterocycles. The third-order valence-corrected chi connectivity index (χ3v) is 11.3. The van der Waals surface area contributed by atoms with E-state index in [9.17, 15) is 28.0 Å². The van der Waals surface area contributed by atoms with Crippen molar-refractivity contribution in [2.75, 3.05) is 6.66 Å². The maximum absolute atomic E-state index is 16.2. The Bertz CT molecular complexity index is 2100. The Kier molecular flexibility index (Phi) is 8.15. The smallest absolute Gasteiger partial charge is 0.266 e. The SMILES string of the molecule is CPC(F)(I)c1ccc(-n2c(=O)c3c(C(C)(C)F)c4c(=O)n(-c5ccc(C(C)(F)P)cc5)c(=O)c4c(C(C)(C)F)c3c2=O)cc1. The average Bonchev–Trinajstić information content (AvgIpc) is 3.34. The van der Waals surface area contributed by atoms with Gasteiger partial charge in [-0.25, -0.2) is 26.7 Å². The minimum absolute atomic E-state index is 0.0100. The van der Waals surface area contributed by atoms with Crippen molar-refractivity contribution in [2.24, 2.45) is 0 Å². The van der Waals surface area contributed by atoms with Crippen molar-refractivity contribution in [2.45, 2.75) is 54.8 Å². The highest BCUT2D eigenvalue weighted by molar-refractivity contribution is 14.1. The molecule has 0 amide bonds. The summed E-state index contributed by atoms with van der Waals surface area (Å²) in [4.78, 5) is 56.2. The van der Waals surface area contributed by atoms with Crippen LogP contribution in [0.5, 0.6) is 0 Å². The van der Waals surface area contributed by atoms with Gasteiger partial charge in [0.1, 0.15) is 16.7 Å². The molecule has 45 heavy (non-hydrogen) atoms. The van der Waals surface area contributed by atoms with Crippen LogP contribution < -0.4 is 22.2 Å². The quantitative estimate of drug-likeness (QED) is 0.0764. The fourth-order valence-electron chi connectivity index (χ4n) is 5.80. The second kappa shape index (κ2) is 10.9. The molecule has 4 unspecified atom stereocenters. The van der Waals surface area contributed by atoms with Crippen LogP contribution in [0, 0.1) is 0 Å². The van der Waals surface area contributed by atoms with E-state index >= 15 is 8.78 Å². The number of halogens is 5. The third-order valence-electron chi connectivity index (χ3n) is 7.85. The number of alkyl halides is 5. The van der Waals surface area contributed by atoms with Crippen LogP contribution in [0.2, 0.25) is 0 Å². The van der Waals surface area contributed by atoms with Gasteiger partial charge in [0.25, 0.3) is 22.2 Å². The monoisotopic (exact) mass is 770 g/mol. The highest BCUT2D eigenvalue weighted by Crippen LogP contribution is 2.47. The predicted molar refractivity (Wildman–Crippen MR) is 185 cm³/mol. The summed E-state index contributed by atoms with van der Waals surface area (Å²) in [6.45, 7) is 7.27. The van der Waals surface area contributed by atoms with Crippen molar-refractivity contribution >= 4 is 62.0 Å². The molecule has 6 nitrogen and oxygen atoms in total. The summed E-state index contributed by atoms with van der Waals surface area (Å²) in [5.41, 5.74) is -9.43. The summed E-state index contributed by atoms with van der Waals surface area (Å²) in [5.74, 6) is 0. The number of benzene rings is 3. The number of nitrogens with zero attached hydrogens (tertiary/aromatic N) is 2. The van der Waals surface area contributed by atoms with E-state index in [0.717, 1.165) is 32.3 Å². The van der Waals surface area contributed by atoms with E-state index in [-0.39, 0.29) is 25.5 Å². The number of hydrogen-bond donors (Lipinski definition) is 0. The molecule has 0 saturated carbocycles. The van der Waals surface area contributed by atoms with E-state index in [2.05, 4.69) is 0 Å². The zero-order chi connectivity index (χ0) is 33.6. The lowest BCUT2D eigenvalue weighted by Gasteiger charge is -2.21. The zero-order valence-electron chi connectivity index (χ0n) is 25.1. The van der Waals surface area contributed by atoms with Gasteiger partial charge in [-0.3, -0.25) is 19.2 Å². The van der Waals surface area contributed by atoms with Gasteiger partial charge in [0.05, 0.1) is 32.9 Å². The van der Waals surface area contributed by atoms with Gasteiger partial charge in [-0.2, -0.15) is 0 Å². The van der Waals surface area contributed by atoms with E-state index in [0.29, 0.717) is 10.1 Å². The molecule has 2 heterocycles. The summed E-state index contributed by atoms with van der Waals surface area (Å²) < 4.78 is 61.5. The van der Waals surface area contributed by atoms with Crippen LogP contribution >= 0.6 is 40.4 Å². The van der Waals surface area contributed by atoms with Gasteiger partial charge < -0.3 is 0 Å². The normalized spacial score (nSPS) is 15.7. The number of fused-ring (bicyclic) bond motifs is 2. The maximum atomic E-state index is 16.2. The van der Waals surface area contributed by atoms with Crippen molar-refractivity contribution in [3.63, 3.8) is 0 Å². The molecule has 13 heteroatoms. The van der Waals surface area contributed by atoms with E-state index < -0.39 is 75.1 Å². The third kappa shape index (κ3) is 5.42. The van der Waals surface area contributed by atoms with Crippen molar-refractivity contribution in [3.8, 4) is 11.4 Å². The Morgan fingerprint density at radius 3 is 1.13 bits per heavy atom. The maximum Gasteiger partial charge on any atom is 0.266 e. The van der Waals surface area contributed by atoms with Crippen LogP contribution in [0.1, 0.15) is 56.9 Å². The molecule has 3 aromatic carbocycles. The lowest BCUT2D eigenvalue weighted by Crippen LogP contribution is -2.26. The molecule has 2 aromatic heterocycles. The summed E-state index contributed by atoms with van der Waals surface area (Å²) >= 11 is 1.66. The second-order valence-electron chi connectivity index (χ2n) is 12.1. The molecule has 236 valence electrons. The lowest BCUT2D eigenvalue weighted by molar-refractivity contribution is 0.222. The van der Waals surface area contributed by atoms with Crippen molar-refractivity contribution in [1.29, 1.82) is 0 Å². The highest BCUT2D eigenvalue weighted by atomic mass is 127. The van der Waals surface area contributed by atoms with Gasteiger partial charge >= 0.3 is 0 Å². The Labute approximate surface area is 272 Å². The van der Waals surface area contributed by atoms with Crippen molar-refractivity contribution < 1.29 is 17.6 Å². The first-order valence-electron chi connectivity index (χ1n) is 13.8. The number of aromatic nitrogens is 2. The molecule has 0 radical (unpaired) electrons. The van der Waals surface area contributed by atoms with Gasteiger partial charge in [0.2, 0.25) is 3.42 Å². The first kappa shape index (κ1) is 33.6. The molecule has 0 N–H and O–H groups in total. The predicted octanol–water partition coefficient (Wildman–Crippen LogP) is 7.14. The van der Waals surface area contributed by atoms with Gasteiger partial charge in [-0.1, -0.05) is 42.1 Å². The second-order valence-corrected chi connectivity index (χ2v) is 16.9. The standard InChI is InChI=1S/C32H29F4IN2O4P2/c1-29(2,33)23-19-20(26(41)38(25(19)40)17-11-7-15(8-12-17)31(5,35)44)24(30(3,4)34)22-21(23)27(42)39(28(22)43)18-13-9-16(10-14-18)32(36,37)45-6/h7-14,45H,44H2,1-6H3. The molecule has 0 saturated heterocycles. The molecule has 0 aliphatic carbocycles. The molecule has 5 aromatic rings. The molecule has 0 aliphatic rings.